The topological polar surface area (TPSA) is 106 Å². The average Bonchev–Trinajstić information content (AvgIpc) is 2.81. The Morgan fingerprint density at radius 1 is 1.50 bits per heavy atom. The summed E-state index contributed by atoms with van der Waals surface area (Å²) in [5.41, 5.74) is -0.0573. The average molecular weight is 272 g/mol. The number of carboxylic acid groups (broad SMARTS) is 1. The Morgan fingerprint density at radius 3 is 2.78 bits per heavy atom. The molecule has 98 valence electrons. The van der Waals surface area contributed by atoms with Crippen molar-refractivity contribution < 1.29 is 23.1 Å². The molecule has 2 heterocycles. The van der Waals surface area contributed by atoms with E-state index in [9.17, 15) is 13.2 Å². The minimum Gasteiger partial charge on any atom is -0.478 e. The molecule has 1 saturated heterocycles. The zero-order valence-corrected chi connectivity index (χ0v) is 10.2. The van der Waals surface area contributed by atoms with Gasteiger partial charge in [0, 0.05) is 18.8 Å². The highest BCUT2D eigenvalue weighted by molar-refractivity contribution is 7.89. The van der Waals surface area contributed by atoms with E-state index in [0.717, 1.165) is 6.20 Å². The lowest BCUT2D eigenvalue weighted by molar-refractivity contribution is 0.0696. The molecule has 0 bridgehead atoms. The fourth-order valence-corrected chi connectivity index (χ4v) is 2.76. The fraction of sp³-hybridized carbons (Fsp3) is 0.400. The van der Waals surface area contributed by atoms with Gasteiger partial charge in [-0.3, -0.25) is 0 Å². The highest BCUT2D eigenvalue weighted by Gasteiger charge is 2.24. The minimum absolute atomic E-state index is 0.0573. The Labute approximate surface area is 104 Å². The van der Waals surface area contributed by atoms with Crippen LogP contribution in [0, 0.1) is 0 Å². The number of nitrogens with zero attached hydrogens (tertiary/aromatic N) is 1. The molecule has 8 heteroatoms. The summed E-state index contributed by atoms with van der Waals surface area (Å²) in [6, 6.07) is 2.12. The first kappa shape index (κ1) is 12.9. The van der Waals surface area contributed by atoms with Gasteiger partial charge >= 0.3 is 5.97 Å². The van der Waals surface area contributed by atoms with Gasteiger partial charge in [0.1, 0.15) is 0 Å². The van der Waals surface area contributed by atoms with Crippen LogP contribution < -0.4 is 4.72 Å². The summed E-state index contributed by atoms with van der Waals surface area (Å²) in [6.45, 7) is 0.866. The van der Waals surface area contributed by atoms with Crippen LogP contribution in [0.5, 0.6) is 0 Å². The summed E-state index contributed by atoms with van der Waals surface area (Å²) in [7, 11) is -3.72. The Kier molecular flexibility index (Phi) is 3.60. The highest BCUT2D eigenvalue weighted by atomic mass is 32.2. The van der Waals surface area contributed by atoms with Crippen LogP contribution in [0.1, 0.15) is 16.8 Å². The minimum atomic E-state index is -3.72. The molecule has 0 amide bonds. The number of rotatable bonds is 4. The molecule has 1 aromatic rings. The second-order valence-corrected chi connectivity index (χ2v) is 5.53. The Bertz CT molecular complexity index is 534. The molecule has 1 atom stereocenters. The molecule has 0 aliphatic carbocycles. The molecule has 2 rings (SSSR count). The van der Waals surface area contributed by atoms with Crippen molar-refractivity contribution in [3.05, 3.63) is 23.9 Å². The van der Waals surface area contributed by atoms with E-state index in [4.69, 9.17) is 9.84 Å². The van der Waals surface area contributed by atoms with Crippen molar-refractivity contribution in [3.63, 3.8) is 0 Å². The summed E-state index contributed by atoms with van der Waals surface area (Å²) in [5.74, 6) is -1.15. The van der Waals surface area contributed by atoms with Crippen molar-refractivity contribution in [2.75, 3.05) is 13.2 Å². The van der Waals surface area contributed by atoms with Crippen LogP contribution in [0.3, 0.4) is 0 Å². The Hall–Kier alpha value is -1.51. The van der Waals surface area contributed by atoms with Crippen LogP contribution >= 0.6 is 0 Å². The number of aromatic nitrogens is 1. The first-order valence-corrected chi connectivity index (χ1v) is 6.77. The largest absolute Gasteiger partial charge is 0.478 e. The molecule has 0 aromatic carbocycles. The maximum absolute atomic E-state index is 11.9. The molecule has 1 fully saturated rings. The highest BCUT2D eigenvalue weighted by Crippen LogP contribution is 2.11. The molecule has 1 aliphatic heterocycles. The molecular formula is C10H12N2O5S. The second kappa shape index (κ2) is 5.01. The van der Waals surface area contributed by atoms with Gasteiger partial charge in [-0.15, -0.1) is 0 Å². The second-order valence-electron chi connectivity index (χ2n) is 3.87. The van der Waals surface area contributed by atoms with Gasteiger partial charge in [-0.25, -0.2) is 22.9 Å². The monoisotopic (exact) mass is 272 g/mol. The van der Waals surface area contributed by atoms with E-state index in [1.165, 1.54) is 12.1 Å². The van der Waals surface area contributed by atoms with Crippen molar-refractivity contribution in [2.45, 2.75) is 17.5 Å². The van der Waals surface area contributed by atoms with Gasteiger partial charge in [-0.05, 0) is 18.6 Å². The summed E-state index contributed by atoms with van der Waals surface area (Å²) >= 11 is 0. The SMILES string of the molecule is O=C(O)c1ccc(S(=O)(=O)NC2CCOC2)nc1. The van der Waals surface area contributed by atoms with Crippen LogP contribution in [0.2, 0.25) is 0 Å². The maximum Gasteiger partial charge on any atom is 0.337 e. The quantitative estimate of drug-likeness (QED) is 0.789. The summed E-state index contributed by atoms with van der Waals surface area (Å²) in [4.78, 5) is 14.3. The molecular weight excluding hydrogens is 260 g/mol. The standard InChI is InChI=1S/C10H12N2O5S/c13-10(14)7-1-2-9(11-5-7)18(15,16)12-8-3-4-17-6-8/h1-2,5,8,12H,3-4,6H2,(H,13,14). The Morgan fingerprint density at radius 2 is 2.28 bits per heavy atom. The number of hydrogen-bond donors (Lipinski definition) is 2. The van der Waals surface area contributed by atoms with Crippen molar-refractivity contribution in [1.82, 2.24) is 9.71 Å². The zero-order chi connectivity index (χ0) is 13.2. The molecule has 2 N–H and O–H groups in total. The van der Waals surface area contributed by atoms with Gasteiger partial charge < -0.3 is 9.84 Å². The van der Waals surface area contributed by atoms with Gasteiger partial charge in [-0.1, -0.05) is 0 Å². The lowest BCUT2D eigenvalue weighted by Crippen LogP contribution is -2.35. The lowest BCUT2D eigenvalue weighted by atomic mass is 10.3. The molecule has 0 spiro atoms. The number of ether oxygens (including phenoxy) is 1. The zero-order valence-electron chi connectivity index (χ0n) is 9.37. The number of sulfonamides is 1. The summed E-state index contributed by atoms with van der Waals surface area (Å²) in [5, 5.41) is 8.49. The molecule has 1 aliphatic rings. The van der Waals surface area contributed by atoms with E-state index in [-0.39, 0.29) is 16.6 Å². The van der Waals surface area contributed by atoms with E-state index in [2.05, 4.69) is 9.71 Å². The molecule has 0 saturated carbocycles. The molecule has 1 unspecified atom stereocenters. The molecule has 18 heavy (non-hydrogen) atoms. The number of nitrogens with one attached hydrogen (secondary N) is 1. The fourth-order valence-electron chi connectivity index (χ4n) is 1.57. The normalized spacial score (nSPS) is 19.9. The molecule has 1 aromatic heterocycles. The van der Waals surface area contributed by atoms with E-state index < -0.39 is 16.0 Å². The summed E-state index contributed by atoms with van der Waals surface area (Å²) in [6.07, 6.45) is 1.63. The van der Waals surface area contributed by atoms with E-state index >= 15 is 0 Å². The van der Waals surface area contributed by atoms with E-state index in [1.807, 2.05) is 0 Å². The predicted molar refractivity (Wildman–Crippen MR) is 60.7 cm³/mol. The van der Waals surface area contributed by atoms with Crippen LogP contribution in [0.25, 0.3) is 0 Å². The van der Waals surface area contributed by atoms with Crippen molar-refractivity contribution in [1.29, 1.82) is 0 Å². The maximum atomic E-state index is 11.9. The third-order valence-electron chi connectivity index (χ3n) is 2.51. The van der Waals surface area contributed by atoms with Gasteiger partial charge in [0.25, 0.3) is 10.0 Å². The number of carbonyl (C=O) groups is 1. The van der Waals surface area contributed by atoms with Crippen LogP contribution in [0.4, 0.5) is 0 Å². The first-order chi connectivity index (χ1) is 8.49. The van der Waals surface area contributed by atoms with E-state index in [1.54, 1.807) is 0 Å². The molecule has 7 nitrogen and oxygen atoms in total. The number of aromatic carboxylic acids is 1. The first-order valence-electron chi connectivity index (χ1n) is 5.28. The number of hydrogen-bond acceptors (Lipinski definition) is 5. The lowest BCUT2D eigenvalue weighted by Gasteiger charge is -2.10. The third kappa shape index (κ3) is 2.84. The summed E-state index contributed by atoms with van der Waals surface area (Å²) < 4.78 is 31.3. The van der Waals surface area contributed by atoms with Crippen LogP contribution in [-0.4, -0.2) is 43.7 Å². The van der Waals surface area contributed by atoms with Crippen molar-refractivity contribution in [2.24, 2.45) is 0 Å². The van der Waals surface area contributed by atoms with Crippen LogP contribution in [0.15, 0.2) is 23.4 Å². The van der Waals surface area contributed by atoms with Gasteiger partial charge in [-0.2, -0.15) is 0 Å². The van der Waals surface area contributed by atoms with Crippen molar-refractivity contribution >= 4 is 16.0 Å². The number of pyridine rings is 1. The Balaban J connectivity index is 2.16. The molecule has 0 radical (unpaired) electrons. The number of carboxylic acids is 1. The van der Waals surface area contributed by atoms with E-state index in [0.29, 0.717) is 19.6 Å². The van der Waals surface area contributed by atoms with Crippen molar-refractivity contribution in [3.8, 4) is 0 Å². The van der Waals surface area contributed by atoms with Gasteiger partial charge in [0.05, 0.1) is 12.2 Å². The van der Waals surface area contributed by atoms with Gasteiger partial charge in [0.15, 0.2) is 5.03 Å². The predicted octanol–water partition coefficient (Wildman–Crippen LogP) is -0.153. The third-order valence-corrected chi connectivity index (χ3v) is 3.95. The van der Waals surface area contributed by atoms with Gasteiger partial charge in [0.2, 0.25) is 0 Å². The van der Waals surface area contributed by atoms with Crippen LogP contribution in [-0.2, 0) is 14.8 Å². The smallest absolute Gasteiger partial charge is 0.337 e.